The summed E-state index contributed by atoms with van der Waals surface area (Å²) >= 11 is 0. The van der Waals surface area contributed by atoms with Crippen LogP contribution in [-0.4, -0.2) is 20.0 Å². The van der Waals surface area contributed by atoms with Crippen molar-refractivity contribution in [3.05, 3.63) is 71.8 Å². The van der Waals surface area contributed by atoms with Gasteiger partial charge in [0.15, 0.2) is 0 Å². The second-order valence-electron chi connectivity index (χ2n) is 6.47. The van der Waals surface area contributed by atoms with Gasteiger partial charge in [0.25, 0.3) is 0 Å². The fourth-order valence-corrected chi connectivity index (χ4v) is 4.60. The Morgan fingerprint density at radius 3 is 1.68 bits per heavy atom. The lowest BCUT2D eigenvalue weighted by atomic mass is 9.98. The molecule has 0 aliphatic heterocycles. The van der Waals surface area contributed by atoms with E-state index in [1.807, 2.05) is 36.4 Å². The monoisotopic (exact) mass is 361 g/mol. The van der Waals surface area contributed by atoms with E-state index in [2.05, 4.69) is 43.4 Å². The van der Waals surface area contributed by atoms with E-state index in [1.54, 1.807) is 0 Å². The first-order valence-electron chi connectivity index (χ1n) is 8.57. The standard InChI is InChI=1S/C20H28NO3P/c1-16(2)15-19(25(22,23-3)24-4)21-20(17-11-7-5-8-12-17)18-13-9-6-10-14-18/h5-14,16,19-21H,15H2,1-4H3/t19-/m1/s1. The van der Waals surface area contributed by atoms with Crippen molar-refractivity contribution in [3.63, 3.8) is 0 Å². The maximum Gasteiger partial charge on any atom is 0.346 e. The van der Waals surface area contributed by atoms with Gasteiger partial charge in [0.1, 0.15) is 5.78 Å². The van der Waals surface area contributed by atoms with Crippen molar-refractivity contribution >= 4 is 7.60 Å². The molecule has 2 aromatic rings. The van der Waals surface area contributed by atoms with Crippen molar-refractivity contribution in [1.29, 1.82) is 0 Å². The van der Waals surface area contributed by atoms with E-state index in [-0.39, 0.29) is 6.04 Å². The Kier molecular flexibility index (Phi) is 7.39. The highest BCUT2D eigenvalue weighted by atomic mass is 31.2. The van der Waals surface area contributed by atoms with Gasteiger partial charge < -0.3 is 9.05 Å². The predicted molar refractivity (Wildman–Crippen MR) is 103 cm³/mol. The molecule has 2 aromatic carbocycles. The average molecular weight is 361 g/mol. The van der Waals surface area contributed by atoms with Gasteiger partial charge in [0, 0.05) is 14.2 Å². The van der Waals surface area contributed by atoms with Gasteiger partial charge in [-0.05, 0) is 23.5 Å². The minimum Gasteiger partial charge on any atom is -0.311 e. The molecular formula is C20H28NO3P. The SMILES string of the molecule is COP(=O)(OC)[C@H](CC(C)C)NC(c1ccccc1)c1ccccc1. The quantitative estimate of drug-likeness (QED) is 0.622. The van der Waals surface area contributed by atoms with Crippen LogP contribution in [0.3, 0.4) is 0 Å². The zero-order chi connectivity index (χ0) is 18.3. The van der Waals surface area contributed by atoms with E-state index in [1.165, 1.54) is 14.2 Å². The molecule has 0 aliphatic carbocycles. The summed E-state index contributed by atoms with van der Waals surface area (Å²) in [5.74, 6) is -0.0452. The second-order valence-corrected chi connectivity index (χ2v) is 8.90. The topological polar surface area (TPSA) is 47.6 Å². The molecule has 1 atom stereocenters. The van der Waals surface area contributed by atoms with Crippen LogP contribution in [0.15, 0.2) is 60.7 Å². The molecule has 1 N–H and O–H groups in total. The number of hydrogen-bond donors (Lipinski definition) is 1. The summed E-state index contributed by atoms with van der Waals surface area (Å²) in [6.07, 6.45) is 0.690. The average Bonchev–Trinajstić information content (AvgIpc) is 2.65. The largest absolute Gasteiger partial charge is 0.346 e. The summed E-state index contributed by atoms with van der Waals surface area (Å²) in [5, 5.41) is 3.55. The van der Waals surface area contributed by atoms with Crippen LogP contribution in [0, 0.1) is 5.92 Å². The molecule has 0 heterocycles. The van der Waals surface area contributed by atoms with E-state index >= 15 is 0 Å². The van der Waals surface area contributed by atoms with Crippen LogP contribution in [0.2, 0.25) is 0 Å². The first kappa shape index (κ1) is 19.9. The van der Waals surface area contributed by atoms with Gasteiger partial charge >= 0.3 is 7.60 Å². The lowest BCUT2D eigenvalue weighted by Crippen LogP contribution is -2.35. The van der Waals surface area contributed by atoms with Crippen LogP contribution in [-0.2, 0) is 13.6 Å². The van der Waals surface area contributed by atoms with Crippen LogP contribution >= 0.6 is 7.60 Å². The minimum absolute atomic E-state index is 0.0928. The molecule has 0 spiro atoms. The zero-order valence-electron chi connectivity index (χ0n) is 15.4. The smallest absolute Gasteiger partial charge is 0.311 e. The highest BCUT2D eigenvalue weighted by molar-refractivity contribution is 7.54. The first-order chi connectivity index (χ1) is 12.0. The molecule has 0 fully saturated rings. The van der Waals surface area contributed by atoms with Crippen LogP contribution in [0.1, 0.15) is 37.4 Å². The van der Waals surface area contributed by atoms with Crippen molar-refractivity contribution < 1.29 is 13.6 Å². The van der Waals surface area contributed by atoms with Crippen molar-refractivity contribution in [1.82, 2.24) is 5.32 Å². The third kappa shape index (κ3) is 5.26. The maximum atomic E-state index is 13.1. The molecule has 0 aromatic heterocycles. The normalized spacial score (nSPS) is 13.4. The van der Waals surface area contributed by atoms with Crippen LogP contribution in [0.4, 0.5) is 0 Å². The summed E-state index contributed by atoms with van der Waals surface area (Å²) in [5.41, 5.74) is 2.22. The third-order valence-corrected chi connectivity index (χ3v) is 6.35. The van der Waals surface area contributed by atoms with Gasteiger partial charge in [-0.25, -0.2) is 0 Å². The van der Waals surface area contributed by atoms with Gasteiger partial charge in [-0.2, -0.15) is 0 Å². The zero-order valence-corrected chi connectivity index (χ0v) is 16.3. The molecule has 2 rings (SSSR count). The van der Waals surface area contributed by atoms with Gasteiger partial charge in [-0.3, -0.25) is 9.88 Å². The minimum atomic E-state index is -3.25. The van der Waals surface area contributed by atoms with Gasteiger partial charge in [0.05, 0.1) is 6.04 Å². The van der Waals surface area contributed by atoms with E-state index < -0.39 is 13.4 Å². The summed E-state index contributed by atoms with van der Waals surface area (Å²) in [4.78, 5) is 0. The van der Waals surface area contributed by atoms with E-state index in [0.29, 0.717) is 12.3 Å². The Bertz CT molecular complexity index is 628. The molecule has 0 saturated carbocycles. The summed E-state index contributed by atoms with van der Waals surface area (Å²) in [7, 11) is -0.364. The third-order valence-electron chi connectivity index (χ3n) is 4.21. The molecule has 0 saturated heterocycles. The highest BCUT2D eigenvalue weighted by Gasteiger charge is 2.36. The Balaban J connectivity index is 2.40. The summed E-state index contributed by atoms with van der Waals surface area (Å²) < 4.78 is 23.7. The number of rotatable bonds is 9. The van der Waals surface area contributed by atoms with Crippen molar-refractivity contribution in [2.75, 3.05) is 14.2 Å². The number of hydrogen-bond acceptors (Lipinski definition) is 4. The molecule has 136 valence electrons. The molecule has 0 radical (unpaired) electrons. The highest BCUT2D eigenvalue weighted by Crippen LogP contribution is 2.53. The fourth-order valence-electron chi connectivity index (χ4n) is 2.93. The maximum absolute atomic E-state index is 13.1. The number of nitrogens with one attached hydrogen (secondary N) is 1. The van der Waals surface area contributed by atoms with Crippen molar-refractivity contribution in [3.8, 4) is 0 Å². The van der Waals surface area contributed by atoms with Crippen LogP contribution in [0.5, 0.6) is 0 Å². The van der Waals surface area contributed by atoms with Crippen LogP contribution in [0.25, 0.3) is 0 Å². The predicted octanol–water partition coefficient (Wildman–Crippen LogP) is 5.22. The Labute approximate surface area is 151 Å². The number of benzene rings is 2. The Morgan fingerprint density at radius 2 is 1.32 bits per heavy atom. The Morgan fingerprint density at radius 1 is 0.880 bits per heavy atom. The second kappa shape index (κ2) is 9.30. The van der Waals surface area contributed by atoms with Gasteiger partial charge in [-0.15, -0.1) is 0 Å². The summed E-state index contributed by atoms with van der Waals surface area (Å²) in [6, 6.07) is 20.2. The van der Waals surface area contributed by atoms with E-state index in [9.17, 15) is 4.57 Å². The van der Waals surface area contributed by atoms with Gasteiger partial charge in [-0.1, -0.05) is 74.5 Å². The molecule has 0 unspecified atom stereocenters. The molecule has 5 heteroatoms. The van der Waals surface area contributed by atoms with Crippen molar-refractivity contribution in [2.24, 2.45) is 5.92 Å². The molecule has 4 nitrogen and oxygen atoms in total. The molecular weight excluding hydrogens is 333 g/mol. The van der Waals surface area contributed by atoms with Crippen LogP contribution < -0.4 is 5.32 Å². The molecule has 0 bridgehead atoms. The van der Waals surface area contributed by atoms with Crippen molar-refractivity contribution in [2.45, 2.75) is 32.1 Å². The fraction of sp³-hybridized carbons (Fsp3) is 0.400. The summed E-state index contributed by atoms with van der Waals surface area (Å²) in [6.45, 7) is 4.20. The lowest BCUT2D eigenvalue weighted by Gasteiger charge is -2.31. The van der Waals surface area contributed by atoms with E-state index in [4.69, 9.17) is 9.05 Å². The Hall–Kier alpha value is -1.45. The molecule has 0 aliphatic rings. The first-order valence-corrected chi connectivity index (χ1v) is 10.2. The molecule has 0 amide bonds. The van der Waals surface area contributed by atoms with Gasteiger partial charge in [0.2, 0.25) is 0 Å². The molecule has 25 heavy (non-hydrogen) atoms. The van der Waals surface area contributed by atoms with E-state index in [0.717, 1.165) is 11.1 Å². The lowest BCUT2D eigenvalue weighted by molar-refractivity contribution is 0.249.